The molecule has 0 heterocycles. The van der Waals surface area contributed by atoms with Crippen molar-refractivity contribution in [2.75, 3.05) is 0 Å². The number of fused-ring (bicyclic) bond motifs is 4. The average Bonchev–Trinajstić information content (AvgIpc) is 3.16. The van der Waals surface area contributed by atoms with Crippen molar-refractivity contribution < 1.29 is 0 Å². The Hall–Kier alpha value is -1.82. The van der Waals surface area contributed by atoms with E-state index >= 15 is 0 Å². The van der Waals surface area contributed by atoms with E-state index in [1.807, 2.05) is 0 Å². The molecule has 2 aromatic carbocycles. The summed E-state index contributed by atoms with van der Waals surface area (Å²) >= 11 is 0. The van der Waals surface area contributed by atoms with Crippen LogP contribution in [0.25, 0.3) is 11.1 Å². The summed E-state index contributed by atoms with van der Waals surface area (Å²) in [7, 11) is 0. The fourth-order valence-corrected chi connectivity index (χ4v) is 5.19. The van der Waals surface area contributed by atoms with Gasteiger partial charge in [0, 0.05) is 0 Å². The van der Waals surface area contributed by atoms with Crippen LogP contribution in [0.5, 0.6) is 0 Å². The van der Waals surface area contributed by atoms with Crippen LogP contribution in [-0.4, -0.2) is 0 Å². The molecule has 2 bridgehead atoms. The van der Waals surface area contributed by atoms with Crippen LogP contribution in [0.15, 0.2) is 60.2 Å². The largest absolute Gasteiger partial charge is 0.0850 e. The maximum atomic E-state index is 2.52. The van der Waals surface area contributed by atoms with Gasteiger partial charge in [-0.15, -0.1) is 0 Å². The van der Waals surface area contributed by atoms with E-state index in [-0.39, 0.29) is 0 Å². The standard InChI is InChI=1S/C22H22/c1-2-4-17(5-3-1)19-8-7-18-10-11-22(15-20(18)13-19)14-16-6-9-21(22)12-16/h1-8,13,21H,9-12,14-15H2. The summed E-state index contributed by atoms with van der Waals surface area (Å²) in [4.78, 5) is 0. The highest BCUT2D eigenvalue weighted by molar-refractivity contribution is 5.65. The Morgan fingerprint density at radius 3 is 2.55 bits per heavy atom. The van der Waals surface area contributed by atoms with Gasteiger partial charge in [-0.3, -0.25) is 0 Å². The third kappa shape index (κ3) is 1.83. The van der Waals surface area contributed by atoms with Crippen LogP contribution in [0.4, 0.5) is 0 Å². The minimum absolute atomic E-state index is 0.604. The van der Waals surface area contributed by atoms with E-state index in [2.05, 4.69) is 54.6 Å². The molecule has 0 nitrogen and oxygen atoms in total. The number of hydrogen-bond donors (Lipinski definition) is 0. The predicted molar refractivity (Wildman–Crippen MR) is 91.8 cm³/mol. The van der Waals surface area contributed by atoms with Crippen molar-refractivity contribution in [2.24, 2.45) is 11.3 Å². The summed E-state index contributed by atoms with van der Waals surface area (Å²) in [6.07, 6.45) is 10.7. The van der Waals surface area contributed by atoms with Crippen molar-refractivity contribution in [1.82, 2.24) is 0 Å². The SMILES string of the molecule is C1=C2CC(C1)C1(CCc3ccc(-c4ccccc4)cc3C1)C2. The molecule has 0 aromatic heterocycles. The topological polar surface area (TPSA) is 0 Å². The lowest BCUT2D eigenvalue weighted by Crippen LogP contribution is -2.33. The van der Waals surface area contributed by atoms with Crippen LogP contribution in [0.1, 0.15) is 36.8 Å². The molecule has 3 aliphatic carbocycles. The molecule has 2 atom stereocenters. The molecular weight excluding hydrogens is 264 g/mol. The highest BCUT2D eigenvalue weighted by atomic mass is 14.5. The molecule has 1 saturated carbocycles. The quantitative estimate of drug-likeness (QED) is 0.601. The molecule has 110 valence electrons. The molecule has 5 rings (SSSR count). The zero-order valence-corrected chi connectivity index (χ0v) is 13.0. The first-order valence-corrected chi connectivity index (χ1v) is 8.68. The number of allylic oxidation sites excluding steroid dienone is 2. The van der Waals surface area contributed by atoms with Crippen LogP contribution in [0.2, 0.25) is 0 Å². The maximum absolute atomic E-state index is 2.52. The molecule has 0 heteroatoms. The van der Waals surface area contributed by atoms with Gasteiger partial charge in [0.05, 0.1) is 0 Å². The van der Waals surface area contributed by atoms with E-state index < -0.39 is 0 Å². The number of aryl methyl sites for hydroxylation is 1. The van der Waals surface area contributed by atoms with Crippen molar-refractivity contribution in [3.63, 3.8) is 0 Å². The lowest BCUT2D eigenvalue weighted by molar-refractivity contribution is 0.168. The number of benzene rings is 2. The Bertz CT molecular complexity index is 753. The molecule has 2 aromatic rings. The second-order valence-electron chi connectivity index (χ2n) is 7.56. The molecule has 2 unspecified atom stereocenters. The lowest BCUT2D eigenvalue weighted by Gasteiger charge is -2.40. The molecule has 0 saturated heterocycles. The van der Waals surface area contributed by atoms with E-state index in [9.17, 15) is 0 Å². The van der Waals surface area contributed by atoms with Gasteiger partial charge in [-0.2, -0.15) is 0 Å². The third-order valence-corrected chi connectivity index (χ3v) is 6.39. The fourth-order valence-electron chi connectivity index (χ4n) is 5.19. The Labute approximate surface area is 132 Å². The molecule has 3 aliphatic rings. The molecule has 0 radical (unpaired) electrons. The summed E-state index contributed by atoms with van der Waals surface area (Å²) < 4.78 is 0. The molecule has 0 aliphatic heterocycles. The Balaban J connectivity index is 1.53. The van der Waals surface area contributed by atoms with Crippen molar-refractivity contribution in [3.05, 3.63) is 71.3 Å². The van der Waals surface area contributed by atoms with Gasteiger partial charge in [-0.05, 0) is 72.1 Å². The van der Waals surface area contributed by atoms with Crippen LogP contribution in [0.3, 0.4) is 0 Å². The molecule has 1 fully saturated rings. The lowest BCUT2D eigenvalue weighted by atomic mass is 9.64. The highest BCUT2D eigenvalue weighted by Gasteiger charge is 2.48. The van der Waals surface area contributed by atoms with Gasteiger partial charge in [-0.1, -0.05) is 60.2 Å². The molecule has 0 amide bonds. The summed E-state index contributed by atoms with van der Waals surface area (Å²) in [6.45, 7) is 0. The van der Waals surface area contributed by atoms with Gasteiger partial charge < -0.3 is 0 Å². The molecular formula is C22H22. The van der Waals surface area contributed by atoms with Crippen LogP contribution in [0, 0.1) is 11.3 Å². The summed E-state index contributed by atoms with van der Waals surface area (Å²) in [5, 5.41) is 0. The van der Waals surface area contributed by atoms with E-state index in [1.54, 1.807) is 16.7 Å². The van der Waals surface area contributed by atoms with Gasteiger partial charge >= 0.3 is 0 Å². The predicted octanol–water partition coefficient (Wildman–Crippen LogP) is 5.57. The zero-order chi connectivity index (χ0) is 14.6. The van der Waals surface area contributed by atoms with Gasteiger partial charge in [-0.25, -0.2) is 0 Å². The Kier molecular flexibility index (Phi) is 2.65. The van der Waals surface area contributed by atoms with Crippen molar-refractivity contribution in [2.45, 2.75) is 38.5 Å². The molecule has 0 N–H and O–H groups in total. The monoisotopic (exact) mass is 286 g/mol. The smallest absolute Gasteiger partial charge is 0.0181 e. The maximum Gasteiger partial charge on any atom is -0.0181 e. The first-order valence-electron chi connectivity index (χ1n) is 8.68. The second-order valence-corrected chi connectivity index (χ2v) is 7.56. The number of rotatable bonds is 1. The Morgan fingerprint density at radius 1 is 0.864 bits per heavy atom. The van der Waals surface area contributed by atoms with Crippen LogP contribution >= 0.6 is 0 Å². The van der Waals surface area contributed by atoms with E-state index in [1.165, 1.54) is 49.7 Å². The van der Waals surface area contributed by atoms with E-state index in [4.69, 9.17) is 0 Å². The summed E-state index contributed by atoms with van der Waals surface area (Å²) in [6, 6.07) is 18.0. The summed E-state index contributed by atoms with van der Waals surface area (Å²) in [5.74, 6) is 0.941. The first kappa shape index (κ1) is 12.7. The third-order valence-electron chi connectivity index (χ3n) is 6.39. The minimum atomic E-state index is 0.604. The Morgan fingerprint density at radius 2 is 1.77 bits per heavy atom. The van der Waals surface area contributed by atoms with Gasteiger partial charge in [0.25, 0.3) is 0 Å². The van der Waals surface area contributed by atoms with Gasteiger partial charge in [0.15, 0.2) is 0 Å². The van der Waals surface area contributed by atoms with Gasteiger partial charge in [0.2, 0.25) is 0 Å². The normalized spacial score (nSPS) is 28.7. The minimum Gasteiger partial charge on any atom is -0.0850 e. The zero-order valence-electron chi connectivity index (χ0n) is 13.0. The fraction of sp³-hybridized carbons (Fsp3) is 0.364. The van der Waals surface area contributed by atoms with Crippen molar-refractivity contribution >= 4 is 0 Å². The highest BCUT2D eigenvalue weighted by Crippen LogP contribution is 2.58. The van der Waals surface area contributed by atoms with Crippen molar-refractivity contribution in [1.29, 1.82) is 0 Å². The molecule has 1 spiro atoms. The average molecular weight is 286 g/mol. The second kappa shape index (κ2) is 4.59. The van der Waals surface area contributed by atoms with Crippen LogP contribution < -0.4 is 0 Å². The first-order chi connectivity index (χ1) is 10.8. The van der Waals surface area contributed by atoms with Gasteiger partial charge in [0.1, 0.15) is 0 Å². The van der Waals surface area contributed by atoms with Crippen LogP contribution in [-0.2, 0) is 12.8 Å². The van der Waals surface area contributed by atoms with E-state index in [0.29, 0.717) is 5.41 Å². The van der Waals surface area contributed by atoms with E-state index in [0.717, 1.165) is 5.92 Å². The molecule has 22 heavy (non-hydrogen) atoms. The van der Waals surface area contributed by atoms with Crippen molar-refractivity contribution in [3.8, 4) is 11.1 Å². The number of hydrogen-bond acceptors (Lipinski definition) is 0. The summed E-state index contributed by atoms with van der Waals surface area (Å²) in [5.41, 5.74) is 8.32.